The van der Waals surface area contributed by atoms with Gasteiger partial charge in [-0.15, -0.1) is 11.3 Å². The second-order valence-corrected chi connectivity index (χ2v) is 9.49. The van der Waals surface area contributed by atoms with Gasteiger partial charge in [0.1, 0.15) is 0 Å². The summed E-state index contributed by atoms with van der Waals surface area (Å²) in [5.74, 6) is 0.737. The van der Waals surface area contributed by atoms with E-state index in [1.165, 1.54) is 19.1 Å². The summed E-state index contributed by atoms with van der Waals surface area (Å²) in [4.78, 5) is 7.21. The standard InChI is InChI=1S/C18H25N3O2S2/c1-14-4-3-11-21(12-14)18-20-17(13-24-18)16-7-5-15(6-8-16)9-10-19-25(2,22)23/h5-8,13-14,19H,3-4,9-12H2,1-2H3/t14-/m0/s1. The number of nitrogens with one attached hydrogen (secondary N) is 1. The first-order valence-corrected chi connectivity index (χ1v) is 11.4. The molecule has 0 spiro atoms. The molecule has 1 fully saturated rings. The minimum Gasteiger partial charge on any atom is -0.348 e. The molecule has 0 bridgehead atoms. The van der Waals surface area contributed by atoms with E-state index in [1.54, 1.807) is 11.3 Å². The molecule has 136 valence electrons. The highest BCUT2D eigenvalue weighted by atomic mass is 32.2. The lowest BCUT2D eigenvalue weighted by molar-refractivity contribution is 0.446. The van der Waals surface area contributed by atoms with Crippen LogP contribution in [0.3, 0.4) is 0 Å². The predicted molar refractivity (Wildman–Crippen MR) is 105 cm³/mol. The zero-order valence-corrected chi connectivity index (χ0v) is 16.4. The second kappa shape index (κ2) is 7.85. The molecule has 1 aromatic heterocycles. The number of benzene rings is 1. The maximum absolute atomic E-state index is 11.1. The lowest BCUT2D eigenvalue weighted by Gasteiger charge is -2.30. The number of aromatic nitrogens is 1. The molecular weight excluding hydrogens is 354 g/mol. The summed E-state index contributed by atoms with van der Waals surface area (Å²) in [6, 6.07) is 8.21. The van der Waals surface area contributed by atoms with Crippen LogP contribution >= 0.6 is 11.3 Å². The molecule has 1 atom stereocenters. The third-order valence-corrected chi connectivity index (χ3v) is 6.08. The molecule has 0 unspecified atom stereocenters. The van der Waals surface area contributed by atoms with Gasteiger partial charge in [0, 0.05) is 30.6 Å². The number of anilines is 1. The van der Waals surface area contributed by atoms with Crippen molar-refractivity contribution in [2.24, 2.45) is 5.92 Å². The zero-order chi connectivity index (χ0) is 17.9. The topological polar surface area (TPSA) is 62.3 Å². The van der Waals surface area contributed by atoms with Gasteiger partial charge >= 0.3 is 0 Å². The molecule has 0 amide bonds. The molecular formula is C18H25N3O2S2. The number of rotatable bonds is 6. The fraction of sp³-hybridized carbons (Fsp3) is 0.500. The number of nitrogens with zero attached hydrogens (tertiary/aromatic N) is 2. The van der Waals surface area contributed by atoms with Crippen molar-refractivity contribution in [2.45, 2.75) is 26.2 Å². The highest BCUT2D eigenvalue weighted by Crippen LogP contribution is 2.30. The van der Waals surface area contributed by atoms with Gasteiger partial charge in [-0.05, 0) is 30.7 Å². The lowest BCUT2D eigenvalue weighted by atomic mass is 10.0. The maximum atomic E-state index is 11.1. The summed E-state index contributed by atoms with van der Waals surface area (Å²) >= 11 is 1.71. The molecule has 25 heavy (non-hydrogen) atoms. The second-order valence-electron chi connectivity index (χ2n) is 6.82. The Bertz CT molecular complexity index is 800. The van der Waals surface area contributed by atoms with Crippen molar-refractivity contribution in [3.63, 3.8) is 0 Å². The summed E-state index contributed by atoms with van der Waals surface area (Å²) in [7, 11) is -3.12. The zero-order valence-electron chi connectivity index (χ0n) is 14.7. The van der Waals surface area contributed by atoms with Gasteiger partial charge in [-0.1, -0.05) is 31.2 Å². The van der Waals surface area contributed by atoms with Crippen LogP contribution in [-0.2, 0) is 16.4 Å². The molecule has 1 saturated heterocycles. The van der Waals surface area contributed by atoms with Gasteiger partial charge < -0.3 is 4.90 Å². The van der Waals surface area contributed by atoms with Crippen molar-refractivity contribution < 1.29 is 8.42 Å². The van der Waals surface area contributed by atoms with E-state index in [4.69, 9.17) is 4.98 Å². The summed E-state index contributed by atoms with van der Waals surface area (Å²) in [5, 5.41) is 3.23. The third kappa shape index (κ3) is 5.26. The molecule has 0 saturated carbocycles. The van der Waals surface area contributed by atoms with Crippen LogP contribution in [0.5, 0.6) is 0 Å². The molecule has 1 N–H and O–H groups in total. The highest BCUT2D eigenvalue weighted by Gasteiger charge is 2.19. The molecule has 2 aromatic rings. The first-order valence-electron chi connectivity index (χ1n) is 8.65. The molecule has 0 aliphatic carbocycles. The average molecular weight is 380 g/mol. The normalized spacial score (nSPS) is 18.5. The predicted octanol–water partition coefficient (Wildman–Crippen LogP) is 3.14. The Hall–Kier alpha value is -1.44. The van der Waals surface area contributed by atoms with Gasteiger partial charge in [-0.3, -0.25) is 0 Å². The SMILES string of the molecule is C[C@H]1CCCN(c2nc(-c3ccc(CCNS(C)(=O)=O)cc3)cs2)C1. The average Bonchev–Trinajstić information content (AvgIpc) is 3.04. The highest BCUT2D eigenvalue weighted by molar-refractivity contribution is 7.88. The van der Waals surface area contributed by atoms with Crippen LogP contribution in [0, 0.1) is 5.92 Å². The van der Waals surface area contributed by atoms with E-state index in [2.05, 4.69) is 34.1 Å². The molecule has 7 heteroatoms. The number of hydrogen-bond donors (Lipinski definition) is 1. The Balaban J connectivity index is 1.62. The van der Waals surface area contributed by atoms with E-state index in [0.717, 1.165) is 41.0 Å². The van der Waals surface area contributed by atoms with E-state index in [-0.39, 0.29) is 0 Å². The van der Waals surface area contributed by atoms with Crippen LogP contribution in [0.15, 0.2) is 29.6 Å². The monoisotopic (exact) mass is 379 g/mol. The van der Waals surface area contributed by atoms with Crippen molar-refractivity contribution in [1.29, 1.82) is 0 Å². The Morgan fingerprint density at radius 2 is 2.08 bits per heavy atom. The van der Waals surface area contributed by atoms with Gasteiger partial charge in [0.25, 0.3) is 0 Å². The van der Waals surface area contributed by atoms with Crippen molar-refractivity contribution in [2.75, 3.05) is 30.8 Å². The van der Waals surface area contributed by atoms with Gasteiger partial charge in [-0.2, -0.15) is 0 Å². The Morgan fingerprint density at radius 3 is 2.76 bits per heavy atom. The lowest BCUT2D eigenvalue weighted by Crippen LogP contribution is -2.34. The molecule has 3 rings (SSSR count). The smallest absolute Gasteiger partial charge is 0.208 e. The van der Waals surface area contributed by atoms with Gasteiger partial charge in [0.05, 0.1) is 11.9 Å². The van der Waals surface area contributed by atoms with Crippen molar-refractivity contribution in [3.05, 3.63) is 35.2 Å². The first kappa shape index (κ1) is 18.4. The molecule has 5 nitrogen and oxygen atoms in total. The number of sulfonamides is 1. The van der Waals surface area contributed by atoms with E-state index in [0.29, 0.717) is 13.0 Å². The Kier molecular flexibility index (Phi) is 5.76. The largest absolute Gasteiger partial charge is 0.348 e. The summed E-state index contributed by atoms with van der Waals surface area (Å²) in [6.07, 6.45) is 4.41. The van der Waals surface area contributed by atoms with Crippen LogP contribution < -0.4 is 9.62 Å². The molecule has 1 aromatic carbocycles. The van der Waals surface area contributed by atoms with Crippen molar-refractivity contribution in [3.8, 4) is 11.3 Å². The third-order valence-electron chi connectivity index (χ3n) is 4.45. The summed E-state index contributed by atoms with van der Waals surface area (Å²) in [5.41, 5.74) is 3.23. The van der Waals surface area contributed by atoms with Crippen LogP contribution in [0.2, 0.25) is 0 Å². The Morgan fingerprint density at radius 1 is 1.32 bits per heavy atom. The van der Waals surface area contributed by atoms with E-state index in [9.17, 15) is 8.42 Å². The van der Waals surface area contributed by atoms with Gasteiger partial charge in [-0.25, -0.2) is 18.1 Å². The van der Waals surface area contributed by atoms with Gasteiger partial charge in [0.2, 0.25) is 10.0 Å². The van der Waals surface area contributed by atoms with Crippen LogP contribution in [0.1, 0.15) is 25.3 Å². The fourth-order valence-electron chi connectivity index (χ4n) is 3.13. The summed E-state index contributed by atoms with van der Waals surface area (Å²) in [6.45, 7) is 4.92. The number of piperidine rings is 1. The van der Waals surface area contributed by atoms with E-state index in [1.807, 2.05) is 12.1 Å². The number of thiazole rings is 1. The molecule has 1 aliphatic rings. The van der Waals surface area contributed by atoms with Crippen molar-refractivity contribution in [1.82, 2.24) is 9.71 Å². The minimum absolute atomic E-state index is 0.423. The quantitative estimate of drug-likeness (QED) is 0.838. The molecule has 0 radical (unpaired) electrons. The van der Waals surface area contributed by atoms with Gasteiger partial charge in [0.15, 0.2) is 5.13 Å². The number of hydrogen-bond acceptors (Lipinski definition) is 5. The van der Waals surface area contributed by atoms with Crippen LogP contribution in [0.25, 0.3) is 11.3 Å². The van der Waals surface area contributed by atoms with Crippen LogP contribution in [0.4, 0.5) is 5.13 Å². The summed E-state index contributed by atoms with van der Waals surface area (Å²) < 4.78 is 24.7. The van der Waals surface area contributed by atoms with Crippen LogP contribution in [-0.4, -0.2) is 39.3 Å². The minimum atomic E-state index is -3.12. The maximum Gasteiger partial charge on any atom is 0.208 e. The van der Waals surface area contributed by atoms with E-state index >= 15 is 0 Å². The molecule has 2 heterocycles. The fourth-order valence-corrected chi connectivity index (χ4v) is 4.47. The van der Waals surface area contributed by atoms with E-state index < -0.39 is 10.0 Å². The Labute approximate surface area is 154 Å². The first-order chi connectivity index (χ1) is 11.9. The van der Waals surface area contributed by atoms with Crippen molar-refractivity contribution >= 4 is 26.5 Å². The molecule has 1 aliphatic heterocycles.